The molecule has 0 saturated carbocycles. The molecule has 0 amide bonds. The van der Waals surface area contributed by atoms with Gasteiger partial charge >= 0.3 is 0 Å². The first-order chi connectivity index (χ1) is 9.79. The zero-order chi connectivity index (χ0) is 14.2. The van der Waals surface area contributed by atoms with Gasteiger partial charge in [0.05, 0.1) is 25.9 Å². The van der Waals surface area contributed by atoms with Crippen molar-refractivity contribution in [3.63, 3.8) is 0 Å². The van der Waals surface area contributed by atoms with Crippen molar-refractivity contribution >= 4 is 0 Å². The predicted molar refractivity (Wildman–Crippen MR) is 76.6 cm³/mol. The number of ether oxygens (including phenoxy) is 3. The van der Waals surface area contributed by atoms with Crippen molar-refractivity contribution in [1.82, 2.24) is 4.90 Å². The number of β-amino-alcohol motifs (C(OH)–C–C–N with tert-alkyl or cyclic N) is 1. The smallest absolute Gasteiger partial charge is 0.160 e. The van der Waals surface area contributed by atoms with Gasteiger partial charge in [-0.15, -0.1) is 0 Å². The summed E-state index contributed by atoms with van der Waals surface area (Å²) in [5, 5.41) is 9.96. The van der Waals surface area contributed by atoms with E-state index >= 15 is 0 Å². The zero-order valence-corrected chi connectivity index (χ0v) is 12.6. The summed E-state index contributed by atoms with van der Waals surface area (Å²) in [6.45, 7) is 7.56. The molecule has 5 heteroatoms. The lowest BCUT2D eigenvalue weighted by molar-refractivity contribution is -0.0994. The summed E-state index contributed by atoms with van der Waals surface area (Å²) in [5.74, 6) is 0.520. The average Bonchev–Trinajstić information content (AvgIpc) is 2.99. The second kappa shape index (κ2) is 8.95. The van der Waals surface area contributed by atoms with Crippen LogP contribution in [0.2, 0.25) is 0 Å². The number of aliphatic hydroxyl groups is 1. The lowest BCUT2D eigenvalue weighted by Crippen LogP contribution is -2.42. The molecule has 1 atom stereocenters. The topological polar surface area (TPSA) is 51.2 Å². The first-order valence-corrected chi connectivity index (χ1v) is 8.01. The van der Waals surface area contributed by atoms with Crippen LogP contribution in [-0.4, -0.2) is 68.5 Å². The molecule has 0 aliphatic carbocycles. The molecular formula is C15H29NO4. The molecule has 1 N–H and O–H groups in total. The Bertz CT molecular complexity index is 250. The van der Waals surface area contributed by atoms with Crippen LogP contribution in [0.15, 0.2) is 0 Å². The Morgan fingerprint density at radius 3 is 2.60 bits per heavy atom. The first-order valence-electron chi connectivity index (χ1n) is 8.01. The third-order valence-corrected chi connectivity index (χ3v) is 4.09. The molecule has 0 aromatic rings. The van der Waals surface area contributed by atoms with Gasteiger partial charge in [-0.05, 0) is 32.4 Å². The van der Waals surface area contributed by atoms with E-state index in [1.807, 2.05) is 0 Å². The maximum atomic E-state index is 9.96. The van der Waals surface area contributed by atoms with E-state index in [0.29, 0.717) is 19.1 Å². The Balaban J connectivity index is 1.56. The van der Waals surface area contributed by atoms with Gasteiger partial charge in [-0.2, -0.15) is 0 Å². The molecular weight excluding hydrogens is 258 g/mol. The highest BCUT2D eigenvalue weighted by Crippen LogP contribution is 2.25. The van der Waals surface area contributed by atoms with E-state index < -0.39 is 0 Å². The summed E-state index contributed by atoms with van der Waals surface area (Å²) in [7, 11) is 0. The minimum Gasteiger partial charge on any atom is -0.389 e. The minimum absolute atomic E-state index is 0.0134. The van der Waals surface area contributed by atoms with Crippen LogP contribution in [0.4, 0.5) is 0 Å². The molecule has 0 spiro atoms. The third-order valence-electron chi connectivity index (χ3n) is 4.09. The van der Waals surface area contributed by atoms with Crippen LogP contribution in [0, 0.1) is 5.92 Å². The molecule has 2 aliphatic rings. The number of unbranched alkanes of at least 4 members (excludes halogenated alkanes) is 1. The quantitative estimate of drug-likeness (QED) is 0.681. The lowest BCUT2D eigenvalue weighted by Gasteiger charge is -2.34. The van der Waals surface area contributed by atoms with Gasteiger partial charge in [-0.1, -0.05) is 13.3 Å². The van der Waals surface area contributed by atoms with Gasteiger partial charge in [0.2, 0.25) is 0 Å². The van der Waals surface area contributed by atoms with E-state index in [1.54, 1.807) is 0 Å². The molecule has 5 nitrogen and oxygen atoms in total. The Morgan fingerprint density at radius 2 is 1.95 bits per heavy atom. The highest BCUT2D eigenvalue weighted by molar-refractivity contribution is 4.77. The van der Waals surface area contributed by atoms with Gasteiger partial charge in [0.25, 0.3) is 0 Å². The largest absolute Gasteiger partial charge is 0.389 e. The van der Waals surface area contributed by atoms with Crippen molar-refractivity contribution < 1.29 is 19.3 Å². The van der Waals surface area contributed by atoms with E-state index in [1.165, 1.54) is 0 Å². The molecule has 2 aliphatic heterocycles. The van der Waals surface area contributed by atoms with Crippen LogP contribution in [0.5, 0.6) is 0 Å². The number of nitrogens with zero attached hydrogens (tertiary/aromatic N) is 1. The van der Waals surface area contributed by atoms with Crippen LogP contribution in [0.25, 0.3) is 0 Å². The Kier molecular flexibility index (Phi) is 7.24. The fourth-order valence-corrected chi connectivity index (χ4v) is 2.87. The normalized spacial score (nSPS) is 24.3. The summed E-state index contributed by atoms with van der Waals surface area (Å²) in [6.07, 6.45) is 4.03. The number of piperidine rings is 1. The molecule has 2 fully saturated rings. The second-order valence-electron chi connectivity index (χ2n) is 5.83. The molecule has 0 bridgehead atoms. The van der Waals surface area contributed by atoms with Crippen molar-refractivity contribution in [2.24, 2.45) is 5.92 Å². The van der Waals surface area contributed by atoms with Gasteiger partial charge in [-0.3, -0.25) is 0 Å². The van der Waals surface area contributed by atoms with Crippen molar-refractivity contribution in [1.29, 1.82) is 0 Å². The molecule has 0 aromatic heterocycles. The average molecular weight is 287 g/mol. The maximum Gasteiger partial charge on any atom is 0.160 e. The Morgan fingerprint density at radius 1 is 1.25 bits per heavy atom. The van der Waals surface area contributed by atoms with Crippen molar-refractivity contribution in [3.05, 3.63) is 0 Å². The number of rotatable bonds is 8. The summed E-state index contributed by atoms with van der Waals surface area (Å²) < 4.78 is 16.6. The van der Waals surface area contributed by atoms with E-state index in [-0.39, 0.29) is 12.4 Å². The van der Waals surface area contributed by atoms with Gasteiger partial charge in [0.1, 0.15) is 0 Å². The summed E-state index contributed by atoms with van der Waals surface area (Å²) >= 11 is 0. The van der Waals surface area contributed by atoms with E-state index in [9.17, 15) is 5.11 Å². The SMILES string of the molecule is CCCCOC[C@H](O)CN1CCC(C2OCCO2)CC1. The molecule has 0 aromatic carbocycles. The van der Waals surface area contributed by atoms with Crippen LogP contribution >= 0.6 is 0 Å². The van der Waals surface area contributed by atoms with Gasteiger partial charge in [-0.25, -0.2) is 0 Å². The Labute approximate surface area is 122 Å². The number of likely N-dealkylation sites (tertiary alicyclic amines) is 1. The monoisotopic (exact) mass is 287 g/mol. The van der Waals surface area contributed by atoms with Gasteiger partial charge in [0.15, 0.2) is 6.29 Å². The van der Waals surface area contributed by atoms with Crippen LogP contribution in [0.1, 0.15) is 32.6 Å². The number of hydrogen-bond donors (Lipinski definition) is 1. The van der Waals surface area contributed by atoms with Crippen molar-refractivity contribution in [2.75, 3.05) is 46.1 Å². The highest BCUT2D eigenvalue weighted by atomic mass is 16.7. The highest BCUT2D eigenvalue weighted by Gasteiger charge is 2.30. The van der Waals surface area contributed by atoms with E-state index in [0.717, 1.165) is 58.6 Å². The van der Waals surface area contributed by atoms with Gasteiger partial charge in [0, 0.05) is 19.1 Å². The standard InChI is InChI=1S/C15H29NO4/c1-2-3-8-18-12-14(17)11-16-6-4-13(5-7-16)15-19-9-10-20-15/h13-15,17H,2-12H2,1H3/t14-/m1/s1. The van der Waals surface area contributed by atoms with Crippen molar-refractivity contribution in [2.45, 2.75) is 45.0 Å². The van der Waals surface area contributed by atoms with E-state index in [2.05, 4.69) is 11.8 Å². The fraction of sp³-hybridized carbons (Fsp3) is 1.00. The number of hydrogen-bond acceptors (Lipinski definition) is 5. The fourth-order valence-electron chi connectivity index (χ4n) is 2.87. The first kappa shape index (κ1) is 16.2. The molecule has 0 unspecified atom stereocenters. The summed E-state index contributed by atoms with van der Waals surface area (Å²) in [4.78, 5) is 2.32. The molecule has 118 valence electrons. The lowest BCUT2D eigenvalue weighted by atomic mass is 9.96. The number of aliphatic hydroxyl groups excluding tert-OH is 1. The molecule has 2 saturated heterocycles. The van der Waals surface area contributed by atoms with Crippen LogP contribution in [0.3, 0.4) is 0 Å². The summed E-state index contributed by atoms with van der Waals surface area (Å²) in [5.41, 5.74) is 0. The third kappa shape index (κ3) is 5.30. The van der Waals surface area contributed by atoms with Crippen LogP contribution < -0.4 is 0 Å². The Hall–Kier alpha value is -0.200. The maximum absolute atomic E-state index is 9.96. The minimum atomic E-state index is -0.373. The van der Waals surface area contributed by atoms with Crippen LogP contribution in [-0.2, 0) is 14.2 Å². The molecule has 20 heavy (non-hydrogen) atoms. The molecule has 2 heterocycles. The molecule has 2 rings (SSSR count). The summed E-state index contributed by atoms with van der Waals surface area (Å²) in [6, 6.07) is 0. The predicted octanol–water partition coefficient (Wildman–Crippen LogP) is 1.25. The second-order valence-corrected chi connectivity index (χ2v) is 5.83. The zero-order valence-electron chi connectivity index (χ0n) is 12.6. The molecule has 0 radical (unpaired) electrons. The van der Waals surface area contributed by atoms with Crippen molar-refractivity contribution in [3.8, 4) is 0 Å². The van der Waals surface area contributed by atoms with E-state index in [4.69, 9.17) is 14.2 Å². The van der Waals surface area contributed by atoms with Gasteiger partial charge < -0.3 is 24.2 Å².